The Kier molecular flexibility index (Phi) is 5.86. The Morgan fingerprint density at radius 2 is 1.83 bits per heavy atom. The summed E-state index contributed by atoms with van der Waals surface area (Å²) >= 11 is 0. The van der Waals surface area contributed by atoms with Gasteiger partial charge in [-0.05, 0) is 51.6 Å². The Morgan fingerprint density at radius 3 is 2.28 bits per heavy atom. The molecule has 3 nitrogen and oxygen atoms in total. The lowest BCUT2D eigenvalue weighted by molar-refractivity contribution is 0.0911. The molecular weight excluding hydrogens is 226 g/mol. The standard InChI is InChI=1S/C15H23NO2/c1-5-16(12(3)4)11-15(17)13-7-9-14(10-8-13)18-6-2/h7-10,12H,5-6,11H2,1-4H3. The normalized spacial score (nSPS) is 11.0. The Balaban J connectivity index is 2.66. The topological polar surface area (TPSA) is 29.5 Å². The first-order valence-electron chi connectivity index (χ1n) is 6.58. The van der Waals surface area contributed by atoms with E-state index in [0.29, 0.717) is 19.2 Å². The summed E-state index contributed by atoms with van der Waals surface area (Å²) in [6.07, 6.45) is 0. The number of carbonyl (C=O) groups excluding carboxylic acids is 1. The van der Waals surface area contributed by atoms with E-state index in [1.807, 2.05) is 31.2 Å². The van der Waals surface area contributed by atoms with Gasteiger partial charge < -0.3 is 4.74 Å². The highest BCUT2D eigenvalue weighted by Crippen LogP contribution is 2.13. The van der Waals surface area contributed by atoms with Crippen LogP contribution in [0.15, 0.2) is 24.3 Å². The summed E-state index contributed by atoms with van der Waals surface area (Å²) in [4.78, 5) is 14.3. The lowest BCUT2D eigenvalue weighted by Crippen LogP contribution is -2.35. The molecule has 0 aliphatic carbocycles. The van der Waals surface area contributed by atoms with Crippen molar-refractivity contribution >= 4 is 5.78 Å². The molecule has 0 amide bonds. The van der Waals surface area contributed by atoms with Crippen LogP contribution in [0.5, 0.6) is 5.75 Å². The molecule has 0 fully saturated rings. The maximum absolute atomic E-state index is 12.1. The number of Topliss-reactive ketones (excluding diaryl/α,β-unsaturated/α-hetero) is 1. The molecule has 0 aliphatic heterocycles. The van der Waals surface area contributed by atoms with Crippen LogP contribution in [0.4, 0.5) is 0 Å². The van der Waals surface area contributed by atoms with Crippen LogP contribution in [-0.2, 0) is 0 Å². The van der Waals surface area contributed by atoms with Crippen molar-refractivity contribution in [3.63, 3.8) is 0 Å². The summed E-state index contributed by atoms with van der Waals surface area (Å²) in [5.74, 6) is 0.971. The van der Waals surface area contributed by atoms with Gasteiger partial charge in [-0.25, -0.2) is 0 Å². The largest absolute Gasteiger partial charge is 0.494 e. The molecule has 0 radical (unpaired) electrons. The molecule has 0 unspecified atom stereocenters. The molecule has 0 atom stereocenters. The van der Waals surface area contributed by atoms with E-state index in [4.69, 9.17) is 4.74 Å². The zero-order chi connectivity index (χ0) is 13.5. The first-order chi connectivity index (χ1) is 8.58. The Labute approximate surface area is 110 Å². The van der Waals surface area contributed by atoms with Crippen LogP contribution in [0.3, 0.4) is 0 Å². The fourth-order valence-corrected chi connectivity index (χ4v) is 1.84. The van der Waals surface area contributed by atoms with Gasteiger partial charge in [-0.1, -0.05) is 6.92 Å². The van der Waals surface area contributed by atoms with Gasteiger partial charge in [0.15, 0.2) is 5.78 Å². The van der Waals surface area contributed by atoms with Gasteiger partial charge in [-0.15, -0.1) is 0 Å². The first kappa shape index (κ1) is 14.7. The van der Waals surface area contributed by atoms with Crippen molar-refractivity contribution in [1.29, 1.82) is 0 Å². The van der Waals surface area contributed by atoms with Gasteiger partial charge >= 0.3 is 0 Å². The highest BCUT2D eigenvalue weighted by Gasteiger charge is 2.13. The quantitative estimate of drug-likeness (QED) is 0.696. The predicted octanol–water partition coefficient (Wildman–Crippen LogP) is 3.00. The summed E-state index contributed by atoms with van der Waals surface area (Å²) in [5.41, 5.74) is 0.748. The number of benzene rings is 1. The van der Waals surface area contributed by atoms with Crippen LogP contribution in [0.25, 0.3) is 0 Å². The summed E-state index contributed by atoms with van der Waals surface area (Å²) < 4.78 is 5.36. The van der Waals surface area contributed by atoms with Crippen LogP contribution in [0.2, 0.25) is 0 Å². The average Bonchev–Trinajstić information content (AvgIpc) is 2.36. The SMILES string of the molecule is CCOc1ccc(C(=O)CN(CC)C(C)C)cc1. The van der Waals surface area contributed by atoms with Crippen LogP contribution >= 0.6 is 0 Å². The number of hydrogen-bond acceptors (Lipinski definition) is 3. The van der Waals surface area contributed by atoms with E-state index in [-0.39, 0.29) is 5.78 Å². The Hall–Kier alpha value is -1.35. The predicted molar refractivity (Wildman–Crippen MR) is 74.3 cm³/mol. The molecule has 1 rings (SSSR count). The summed E-state index contributed by atoms with van der Waals surface area (Å²) in [6.45, 7) is 10.2. The molecule has 0 spiro atoms. The van der Waals surface area contributed by atoms with E-state index < -0.39 is 0 Å². The molecule has 18 heavy (non-hydrogen) atoms. The van der Waals surface area contributed by atoms with E-state index in [0.717, 1.165) is 17.9 Å². The lowest BCUT2D eigenvalue weighted by Gasteiger charge is -2.23. The summed E-state index contributed by atoms with van der Waals surface area (Å²) in [6, 6.07) is 7.76. The van der Waals surface area contributed by atoms with Gasteiger partial charge in [0.25, 0.3) is 0 Å². The third kappa shape index (κ3) is 4.15. The summed E-state index contributed by atoms with van der Waals surface area (Å²) in [5, 5.41) is 0. The van der Waals surface area contributed by atoms with Gasteiger partial charge in [0.1, 0.15) is 5.75 Å². The number of likely N-dealkylation sites (N-methyl/N-ethyl adjacent to an activating group) is 1. The van der Waals surface area contributed by atoms with Crippen molar-refractivity contribution in [2.75, 3.05) is 19.7 Å². The zero-order valence-electron chi connectivity index (χ0n) is 11.8. The Bertz CT molecular complexity index is 371. The minimum atomic E-state index is 0.161. The number of rotatable bonds is 7. The molecule has 100 valence electrons. The molecule has 0 bridgehead atoms. The minimum Gasteiger partial charge on any atom is -0.494 e. The molecule has 1 aromatic carbocycles. The van der Waals surface area contributed by atoms with Crippen molar-refractivity contribution in [2.45, 2.75) is 33.7 Å². The maximum Gasteiger partial charge on any atom is 0.176 e. The van der Waals surface area contributed by atoms with E-state index in [9.17, 15) is 4.79 Å². The van der Waals surface area contributed by atoms with Crippen molar-refractivity contribution in [2.24, 2.45) is 0 Å². The number of hydrogen-bond donors (Lipinski definition) is 0. The Morgan fingerprint density at radius 1 is 1.22 bits per heavy atom. The molecule has 0 heterocycles. The molecule has 0 saturated carbocycles. The molecule has 0 aromatic heterocycles. The van der Waals surface area contributed by atoms with Gasteiger partial charge in [0, 0.05) is 11.6 Å². The van der Waals surface area contributed by atoms with Crippen LogP contribution in [0, 0.1) is 0 Å². The molecule has 3 heteroatoms. The fourth-order valence-electron chi connectivity index (χ4n) is 1.84. The van der Waals surface area contributed by atoms with Crippen molar-refractivity contribution in [3.8, 4) is 5.75 Å². The molecular formula is C15H23NO2. The van der Waals surface area contributed by atoms with Gasteiger partial charge in [0.05, 0.1) is 13.2 Å². The molecule has 1 aromatic rings. The second kappa shape index (κ2) is 7.17. The van der Waals surface area contributed by atoms with Crippen molar-refractivity contribution < 1.29 is 9.53 Å². The van der Waals surface area contributed by atoms with Gasteiger partial charge in [-0.3, -0.25) is 9.69 Å². The number of ether oxygens (including phenoxy) is 1. The maximum atomic E-state index is 12.1. The zero-order valence-corrected chi connectivity index (χ0v) is 11.8. The van der Waals surface area contributed by atoms with Crippen molar-refractivity contribution in [1.82, 2.24) is 4.90 Å². The fraction of sp³-hybridized carbons (Fsp3) is 0.533. The van der Waals surface area contributed by atoms with E-state index in [1.54, 1.807) is 0 Å². The third-order valence-electron chi connectivity index (χ3n) is 2.97. The minimum absolute atomic E-state index is 0.161. The van der Waals surface area contributed by atoms with E-state index in [1.165, 1.54) is 0 Å². The highest BCUT2D eigenvalue weighted by atomic mass is 16.5. The van der Waals surface area contributed by atoms with Gasteiger partial charge in [-0.2, -0.15) is 0 Å². The molecule has 0 saturated heterocycles. The van der Waals surface area contributed by atoms with E-state index >= 15 is 0 Å². The van der Waals surface area contributed by atoms with E-state index in [2.05, 4.69) is 25.7 Å². The monoisotopic (exact) mass is 249 g/mol. The second-order valence-electron chi connectivity index (χ2n) is 4.54. The van der Waals surface area contributed by atoms with Crippen LogP contribution in [-0.4, -0.2) is 36.4 Å². The average molecular weight is 249 g/mol. The van der Waals surface area contributed by atoms with Crippen LogP contribution in [0.1, 0.15) is 38.1 Å². The molecule has 0 N–H and O–H groups in total. The number of carbonyl (C=O) groups is 1. The second-order valence-corrected chi connectivity index (χ2v) is 4.54. The third-order valence-corrected chi connectivity index (χ3v) is 2.97. The van der Waals surface area contributed by atoms with Crippen molar-refractivity contribution in [3.05, 3.63) is 29.8 Å². The number of ketones is 1. The lowest BCUT2D eigenvalue weighted by atomic mass is 10.1. The highest BCUT2D eigenvalue weighted by molar-refractivity contribution is 5.97. The van der Waals surface area contributed by atoms with Gasteiger partial charge in [0.2, 0.25) is 0 Å². The number of nitrogens with zero attached hydrogens (tertiary/aromatic N) is 1. The molecule has 0 aliphatic rings. The first-order valence-corrected chi connectivity index (χ1v) is 6.58. The van der Waals surface area contributed by atoms with Crippen LogP contribution < -0.4 is 4.74 Å². The smallest absolute Gasteiger partial charge is 0.176 e. The summed E-state index contributed by atoms with van der Waals surface area (Å²) in [7, 11) is 0.